The molecule has 6 heteroatoms. The second-order valence-corrected chi connectivity index (χ2v) is 6.23. The van der Waals surface area contributed by atoms with Crippen molar-refractivity contribution < 1.29 is 19.5 Å². The zero-order valence-corrected chi connectivity index (χ0v) is 14.4. The maximum Gasteiger partial charge on any atom is 0.306 e. The maximum atomic E-state index is 12.1. The minimum atomic E-state index is -0.769. The number of amides is 2. The van der Waals surface area contributed by atoms with Crippen LogP contribution in [0.5, 0.6) is 0 Å². The SMILES string of the molecule is CCCN(CCC)C(=O)CCCC(=O)N1CCC(C(=O)O)CC1. The van der Waals surface area contributed by atoms with Crippen LogP contribution in [0.25, 0.3) is 0 Å². The number of carbonyl (C=O) groups is 3. The molecule has 1 heterocycles. The van der Waals surface area contributed by atoms with E-state index in [0.717, 1.165) is 25.9 Å². The van der Waals surface area contributed by atoms with Crippen molar-refractivity contribution in [2.45, 2.75) is 58.8 Å². The smallest absolute Gasteiger partial charge is 0.306 e. The van der Waals surface area contributed by atoms with E-state index < -0.39 is 5.97 Å². The summed E-state index contributed by atoms with van der Waals surface area (Å²) in [6.45, 7) is 6.70. The average molecular weight is 326 g/mol. The van der Waals surface area contributed by atoms with Gasteiger partial charge in [-0.25, -0.2) is 0 Å². The monoisotopic (exact) mass is 326 g/mol. The van der Waals surface area contributed by atoms with Crippen LogP contribution in [-0.2, 0) is 14.4 Å². The second kappa shape index (κ2) is 10.2. The van der Waals surface area contributed by atoms with Gasteiger partial charge < -0.3 is 14.9 Å². The predicted octanol–water partition coefficient (Wildman–Crippen LogP) is 2.13. The van der Waals surface area contributed by atoms with Crippen LogP contribution in [0, 0.1) is 5.92 Å². The van der Waals surface area contributed by atoms with E-state index >= 15 is 0 Å². The molecule has 132 valence electrons. The first-order valence-corrected chi connectivity index (χ1v) is 8.77. The standard InChI is InChI=1S/C17H30N2O4/c1-3-10-18(11-4-2)15(20)6-5-7-16(21)19-12-8-14(9-13-19)17(22)23/h14H,3-13H2,1-2H3,(H,22,23). The number of rotatable bonds is 9. The fourth-order valence-corrected chi connectivity index (χ4v) is 2.98. The van der Waals surface area contributed by atoms with Crippen molar-refractivity contribution >= 4 is 17.8 Å². The normalized spacial score (nSPS) is 15.5. The molecule has 1 aliphatic rings. The lowest BCUT2D eigenvalue weighted by Crippen LogP contribution is -2.40. The number of aliphatic carboxylic acids is 1. The van der Waals surface area contributed by atoms with Gasteiger partial charge in [-0.05, 0) is 32.1 Å². The lowest BCUT2D eigenvalue weighted by molar-refractivity contribution is -0.145. The molecule has 0 aromatic heterocycles. The summed E-state index contributed by atoms with van der Waals surface area (Å²) in [5.41, 5.74) is 0. The first-order valence-electron chi connectivity index (χ1n) is 8.77. The van der Waals surface area contributed by atoms with Crippen molar-refractivity contribution in [3.63, 3.8) is 0 Å². The minimum absolute atomic E-state index is 0.0409. The molecule has 6 nitrogen and oxygen atoms in total. The number of hydrogen-bond donors (Lipinski definition) is 1. The highest BCUT2D eigenvalue weighted by molar-refractivity contribution is 5.79. The molecule has 1 fully saturated rings. The van der Waals surface area contributed by atoms with E-state index in [4.69, 9.17) is 5.11 Å². The van der Waals surface area contributed by atoms with E-state index in [9.17, 15) is 14.4 Å². The molecule has 1 N–H and O–H groups in total. The summed E-state index contributed by atoms with van der Waals surface area (Å²) >= 11 is 0. The van der Waals surface area contributed by atoms with Crippen molar-refractivity contribution in [2.24, 2.45) is 5.92 Å². The van der Waals surface area contributed by atoms with Crippen molar-refractivity contribution in [3.8, 4) is 0 Å². The van der Waals surface area contributed by atoms with E-state index in [-0.39, 0.29) is 17.7 Å². The summed E-state index contributed by atoms with van der Waals surface area (Å²) in [7, 11) is 0. The van der Waals surface area contributed by atoms with Crippen molar-refractivity contribution in [3.05, 3.63) is 0 Å². The lowest BCUT2D eigenvalue weighted by Gasteiger charge is -2.30. The van der Waals surface area contributed by atoms with Gasteiger partial charge in [-0.2, -0.15) is 0 Å². The highest BCUT2D eigenvalue weighted by Gasteiger charge is 2.26. The van der Waals surface area contributed by atoms with Gasteiger partial charge in [0.25, 0.3) is 0 Å². The van der Waals surface area contributed by atoms with Crippen LogP contribution in [-0.4, -0.2) is 58.9 Å². The molecule has 1 aliphatic heterocycles. The summed E-state index contributed by atoms with van der Waals surface area (Å²) in [5.74, 6) is -0.919. The van der Waals surface area contributed by atoms with E-state index in [2.05, 4.69) is 13.8 Å². The van der Waals surface area contributed by atoms with Crippen molar-refractivity contribution in [1.82, 2.24) is 9.80 Å². The molecule has 0 aromatic carbocycles. The summed E-state index contributed by atoms with van der Waals surface area (Å²) in [5, 5.41) is 8.96. The molecule has 0 unspecified atom stereocenters. The molecule has 0 aromatic rings. The summed E-state index contributed by atoms with van der Waals surface area (Å²) in [6.07, 6.45) is 4.31. The Labute approximate surface area is 138 Å². The quantitative estimate of drug-likeness (QED) is 0.704. The number of carboxylic acids is 1. The van der Waals surface area contributed by atoms with E-state index in [1.54, 1.807) is 4.90 Å². The van der Waals surface area contributed by atoms with Gasteiger partial charge >= 0.3 is 5.97 Å². The number of likely N-dealkylation sites (tertiary alicyclic amines) is 1. The molecule has 0 spiro atoms. The van der Waals surface area contributed by atoms with Gasteiger partial charge in [-0.3, -0.25) is 14.4 Å². The molecule has 0 aliphatic carbocycles. The Balaban J connectivity index is 2.28. The number of piperidine rings is 1. The van der Waals surface area contributed by atoms with Crippen LogP contribution in [0.1, 0.15) is 58.8 Å². The minimum Gasteiger partial charge on any atom is -0.481 e. The van der Waals surface area contributed by atoms with E-state index in [0.29, 0.717) is 45.2 Å². The number of hydrogen-bond acceptors (Lipinski definition) is 3. The van der Waals surface area contributed by atoms with Gasteiger partial charge in [0.15, 0.2) is 0 Å². The number of carbonyl (C=O) groups excluding carboxylic acids is 2. The Hall–Kier alpha value is -1.59. The first-order chi connectivity index (χ1) is 11.0. The molecule has 0 bridgehead atoms. The van der Waals surface area contributed by atoms with Gasteiger partial charge in [0.05, 0.1) is 5.92 Å². The topological polar surface area (TPSA) is 77.9 Å². The Morgan fingerprint density at radius 3 is 2.09 bits per heavy atom. The predicted molar refractivity (Wildman–Crippen MR) is 88.0 cm³/mol. The second-order valence-electron chi connectivity index (χ2n) is 6.23. The van der Waals surface area contributed by atoms with E-state index in [1.807, 2.05) is 4.90 Å². The fraction of sp³-hybridized carbons (Fsp3) is 0.824. The Morgan fingerprint density at radius 2 is 1.61 bits per heavy atom. The third-order valence-corrected chi connectivity index (χ3v) is 4.32. The third kappa shape index (κ3) is 6.59. The molecule has 0 radical (unpaired) electrons. The average Bonchev–Trinajstić information content (AvgIpc) is 2.54. The van der Waals surface area contributed by atoms with Gasteiger partial charge in [0.1, 0.15) is 0 Å². The van der Waals surface area contributed by atoms with Crippen molar-refractivity contribution in [2.75, 3.05) is 26.2 Å². The highest BCUT2D eigenvalue weighted by Crippen LogP contribution is 2.18. The number of nitrogens with zero attached hydrogens (tertiary/aromatic N) is 2. The van der Waals surface area contributed by atoms with Gasteiger partial charge in [-0.1, -0.05) is 13.8 Å². The Kier molecular flexibility index (Phi) is 8.66. The molecular formula is C17H30N2O4. The third-order valence-electron chi connectivity index (χ3n) is 4.32. The molecule has 23 heavy (non-hydrogen) atoms. The zero-order chi connectivity index (χ0) is 17.2. The van der Waals surface area contributed by atoms with Crippen LogP contribution in [0.15, 0.2) is 0 Å². The molecule has 0 saturated carbocycles. The van der Waals surface area contributed by atoms with Crippen molar-refractivity contribution in [1.29, 1.82) is 0 Å². The Bertz CT molecular complexity index is 397. The highest BCUT2D eigenvalue weighted by atomic mass is 16.4. The summed E-state index contributed by atoms with van der Waals surface area (Å²) in [4.78, 5) is 38.8. The molecule has 1 rings (SSSR count). The van der Waals surface area contributed by atoms with Crippen LogP contribution in [0.4, 0.5) is 0 Å². The van der Waals surface area contributed by atoms with Gasteiger partial charge in [0.2, 0.25) is 11.8 Å². The van der Waals surface area contributed by atoms with Gasteiger partial charge in [-0.15, -0.1) is 0 Å². The summed E-state index contributed by atoms with van der Waals surface area (Å²) in [6, 6.07) is 0. The number of carboxylic acid groups (broad SMARTS) is 1. The van der Waals surface area contributed by atoms with Crippen LogP contribution in [0.2, 0.25) is 0 Å². The maximum absolute atomic E-state index is 12.1. The molecule has 2 amide bonds. The Morgan fingerprint density at radius 1 is 1.04 bits per heavy atom. The summed E-state index contributed by atoms with van der Waals surface area (Å²) < 4.78 is 0. The lowest BCUT2D eigenvalue weighted by atomic mass is 9.97. The first kappa shape index (κ1) is 19.5. The van der Waals surface area contributed by atoms with Crippen LogP contribution in [0.3, 0.4) is 0 Å². The zero-order valence-electron chi connectivity index (χ0n) is 14.4. The van der Waals surface area contributed by atoms with E-state index in [1.165, 1.54) is 0 Å². The molecular weight excluding hydrogens is 296 g/mol. The molecule has 0 atom stereocenters. The van der Waals surface area contributed by atoms with Crippen LogP contribution < -0.4 is 0 Å². The van der Waals surface area contributed by atoms with Gasteiger partial charge in [0, 0.05) is 39.0 Å². The van der Waals surface area contributed by atoms with Crippen LogP contribution >= 0.6 is 0 Å². The largest absolute Gasteiger partial charge is 0.481 e. The molecule has 1 saturated heterocycles. The fourth-order valence-electron chi connectivity index (χ4n) is 2.98.